The topological polar surface area (TPSA) is 86.9 Å². The summed E-state index contributed by atoms with van der Waals surface area (Å²) >= 11 is 0. The van der Waals surface area contributed by atoms with Crippen LogP contribution in [-0.2, 0) is 17.8 Å². The smallest absolute Gasteiger partial charge is 0.241 e. The fourth-order valence-electron chi connectivity index (χ4n) is 4.00. The summed E-state index contributed by atoms with van der Waals surface area (Å²) in [5.74, 6) is 2.10. The van der Waals surface area contributed by atoms with Crippen molar-refractivity contribution in [3.05, 3.63) is 66.1 Å². The number of guanidine groups is 1. The van der Waals surface area contributed by atoms with E-state index in [2.05, 4.69) is 56.2 Å². The van der Waals surface area contributed by atoms with Gasteiger partial charge < -0.3 is 15.5 Å². The van der Waals surface area contributed by atoms with E-state index in [1.807, 2.05) is 33.7 Å². The number of amides is 1. The average Bonchev–Trinajstić information content (AvgIpc) is 3.23. The van der Waals surface area contributed by atoms with Crippen molar-refractivity contribution in [1.29, 1.82) is 0 Å². The van der Waals surface area contributed by atoms with E-state index < -0.39 is 0 Å². The van der Waals surface area contributed by atoms with Crippen LogP contribution in [0.4, 0.5) is 0 Å². The van der Waals surface area contributed by atoms with E-state index in [4.69, 9.17) is 0 Å². The minimum Gasteiger partial charge on any atom is -0.349 e. The zero-order valence-electron chi connectivity index (χ0n) is 17.9. The van der Waals surface area contributed by atoms with Crippen molar-refractivity contribution < 1.29 is 4.79 Å². The number of nitrogens with one attached hydrogen (secondary N) is 2. The highest BCUT2D eigenvalue weighted by atomic mass is 16.2. The van der Waals surface area contributed by atoms with Gasteiger partial charge in [-0.25, -0.2) is 0 Å². The predicted molar refractivity (Wildman–Crippen MR) is 121 cm³/mol. The SMILES string of the molecule is CN=C(NCC(=O)N1CCC(Cc2ccccc2)CC1)NCc1nnc2ccccn12. The number of hydrogen-bond acceptors (Lipinski definition) is 4. The quantitative estimate of drug-likeness (QED) is 0.471. The van der Waals surface area contributed by atoms with Crippen LogP contribution < -0.4 is 10.6 Å². The number of nitrogens with zero attached hydrogens (tertiary/aromatic N) is 5. The Labute approximate surface area is 182 Å². The third-order valence-corrected chi connectivity index (χ3v) is 5.76. The van der Waals surface area contributed by atoms with Crippen LogP contribution in [0.2, 0.25) is 0 Å². The molecular formula is C23H29N7O. The summed E-state index contributed by atoms with van der Waals surface area (Å²) in [5, 5.41) is 14.7. The summed E-state index contributed by atoms with van der Waals surface area (Å²) in [6.07, 6.45) is 5.11. The molecule has 8 nitrogen and oxygen atoms in total. The fraction of sp³-hybridized carbons (Fsp3) is 0.391. The number of rotatable bonds is 6. The lowest BCUT2D eigenvalue weighted by molar-refractivity contribution is -0.131. The van der Waals surface area contributed by atoms with Gasteiger partial charge in [-0.3, -0.25) is 14.2 Å². The monoisotopic (exact) mass is 419 g/mol. The molecule has 1 aliphatic heterocycles. The van der Waals surface area contributed by atoms with E-state index in [1.54, 1.807) is 7.05 Å². The fourth-order valence-corrected chi connectivity index (χ4v) is 4.00. The molecule has 3 aromatic rings. The van der Waals surface area contributed by atoms with Gasteiger partial charge in [-0.05, 0) is 42.9 Å². The van der Waals surface area contributed by atoms with Crippen molar-refractivity contribution >= 4 is 17.5 Å². The molecule has 1 fully saturated rings. The number of pyridine rings is 1. The first kappa shape index (κ1) is 20.8. The van der Waals surface area contributed by atoms with E-state index in [-0.39, 0.29) is 12.5 Å². The maximum atomic E-state index is 12.6. The summed E-state index contributed by atoms with van der Waals surface area (Å²) in [5.41, 5.74) is 2.18. The van der Waals surface area contributed by atoms with Crippen molar-refractivity contribution in [3.63, 3.8) is 0 Å². The molecule has 3 heterocycles. The van der Waals surface area contributed by atoms with Gasteiger partial charge in [-0.15, -0.1) is 10.2 Å². The molecule has 1 aliphatic rings. The van der Waals surface area contributed by atoms with Gasteiger partial charge in [-0.2, -0.15) is 0 Å². The Kier molecular flexibility index (Phi) is 6.76. The van der Waals surface area contributed by atoms with Crippen LogP contribution in [0.3, 0.4) is 0 Å². The van der Waals surface area contributed by atoms with Crippen molar-refractivity contribution in [3.8, 4) is 0 Å². The maximum Gasteiger partial charge on any atom is 0.241 e. The highest BCUT2D eigenvalue weighted by Gasteiger charge is 2.23. The number of benzene rings is 1. The Balaban J connectivity index is 1.20. The van der Waals surface area contributed by atoms with Crippen LogP contribution in [-0.4, -0.2) is 58.0 Å². The maximum absolute atomic E-state index is 12.6. The average molecular weight is 420 g/mol. The van der Waals surface area contributed by atoms with Crippen molar-refractivity contribution in [2.75, 3.05) is 26.7 Å². The van der Waals surface area contributed by atoms with Crippen LogP contribution in [0.1, 0.15) is 24.2 Å². The summed E-state index contributed by atoms with van der Waals surface area (Å²) in [7, 11) is 1.69. The van der Waals surface area contributed by atoms with E-state index in [0.717, 1.165) is 43.8 Å². The molecule has 0 aliphatic carbocycles. The Morgan fingerprint density at radius 2 is 1.84 bits per heavy atom. The van der Waals surface area contributed by atoms with Gasteiger partial charge in [0, 0.05) is 26.3 Å². The molecule has 0 atom stereocenters. The Bertz CT molecular complexity index is 1020. The largest absolute Gasteiger partial charge is 0.349 e. The first-order valence-corrected chi connectivity index (χ1v) is 10.8. The number of likely N-dealkylation sites (tertiary alicyclic amines) is 1. The number of piperidine rings is 1. The molecule has 1 amide bonds. The molecule has 0 bridgehead atoms. The van der Waals surface area contributed by atoms with Gasteiger partial charge in [0.1, 0.15) is 0 Å². The zero-order valence-corrected chi connectivity index (χ0v) is 17.9. The molecule has 0 spiro atoms. The van der Waals surface area contributed by atoms with Gasteiger partial charge in [0.2, 0.25) is 5.91 Å². The van der Waals surface area contributed by atoms with Crippen molar-refractivity contribution in [1.82, 2.24) is 30.1 Å². The molecule has 0 unspecified atom stereocenters. The Hall–Kier alpha value is -3.42. The first-order chi connectivity index (χ1) is 15.2. The van der Waals surface area contributed by atoms with Crippen LogP contribution in [0.25, 0.3) is 5.65 Å². The second-order valence-corrected chi connectivity index (χ2v) is 7.84. The molecule has 162 valence electrons. The second-order valence-electron chi connectivity index (χ2n) is 7.84. The van der Waals surface area contributed by atoms with Crippen LogP contribution >= 0.6 is 0 Å². The molecule has 1 aromatic carbocycles. The number of carbonyl (C=O) groups excluding carboxylic acids is 1. The molecule has 0 saturated carbocycles. The van der Waals surface area contributed by atoms with E-state index in [1.165, 1.54) is 5.56 Å². The summed E-state index contributed by atoms with van der Waals surface area (Å²) in [6, 6.07) is 16.4. The number of aliphatic imine (C=N–C) groups is 1. The second kappa shape index (κ2) is 10.1. The van der Waals surface area contributed by atoms with Gasteiger partial charge in [0.25, 0.3) is 0 Å². The lowest BCUT2D eigenvalue weighted by Gasteiger charge is -2.32. The predicted octanol–water partition coefficient (Wildman–Crippen LogP) is 1.88. The minimum atomic E-state index is 0.106. The Morgan fingerprint density at radius 1 is 1.06 bits per heavy atom. The summed E-state index contributed by atoms with van der Waals surface area (Å²) < 4.78 is 1.92. The van der Waals surface area contributed by atoms with Crippen LogP contribution in [0.5, 0.6) is 0 Å². The standard InChI is InChI=1S/C23H29N7O/c1-24-23(25-16-21-28-27-20-9-5-6-12-30(20)21)26-17-22(31)29-13-10-19(11-14-29)15-18-7-3-2-4-8-18/h2-9,12,19H,10-11,13-17H2,1H3,(H2,24,25,26). The number of carbonyl (C=O) groups is 1. The van der Waals surface area contributed by atoms with E-state index in [9.17, 15) is 4.79 Å². The highest BCUT2D eigenvalue weighted by molar-refractivity contribution is 5.86. The van der Waals surface area contributed by atoms with Gasteiger partial charge in [0.05, 0.1) is 13.1 Å². The van der Waals surface area contributed by atoms with Crippen molar-refractivity contribution in [2.45, 2.75) is 25.8 Å². The van der Waals surface area contributed by atoms with Gasteiger partial charge in [-0.1, -0.05) is 36.4 Å². The number of hydrogen-bond donors (Lipinski definition) is 2. The number of aromatic nitrogens is 3. The zero-order chi connectivity index (χ0) is 21.5. The third-order valence-electron chi connectivity index (χ3n) is 5.76. The normalized spacial score (nSPS) is 15.3. The molecule has 2 N–H and O–H groups in total. The molecule has 8 heteroatoms. The Morgan fingerprint density at radius 3 is 2.61 bits per heavy atom. The molecule has 0 radical (unpaired) electrons. The molecule has 1 saturated heterocycles. The van der Waals surface area contributed by atoms with Crippen LogP contribution in [0.15, 0.2) is 59.7 Å². The first-order valence-electron chi connectivity index (χ1n) is 10.8. The summed E-state index contributed by atoms with van der Waals surface area (Å²) in [6.45, 7) is 2.32. The van der Waals surface area contributed by atoms with Gasteiger partial charge in [0.15, 0.2) is 17.4 Å². The van der Waals surface area contributed by atoms with Crippen molar-refractivity contribution in [2.24, 2.45) is 10.9 Å². The minimum absolute atomic E-state index is 0.106. The lowest BCUT2D eigenvalue weighted by Crippen LogP contribution is -2.46. The molecule has 31 heavy (non-hydrogen) atoms. The van der Waals surface area contributed by atoms with E-state index >= 15 is 0 Å². The lowest BCUT2D eigenvalue weighted by atomic mass is 9.90. The molecular weight excluding hydrogens is 390 g/mol. The van der Waals surface area contributed by atoms with Crippen LogP contribution in [0, 0.1) is 5.92 Å². The third kappa shape index (κ3) is 5.39. The van der Waals surface area contributed by atoms with Gasteiger partial charge >= 0.3 is 0 Å². The van der Waals surface area contributed by atoms with E-state index in [0.29, 0.717) is 18.4 Å². The number of fused-ring (bicyclic) bond motifs is 1. The summed E-state index contributed by atoms with van der Waals surface area (Å²) in [4.78, 5) is 18.8. The molecule has 2 aromatic heterocycles. The highest BCUT2D eigenvalue weighted by Crippen LogP contribution is 2.21. The molecule has 4 rings (SSSR count).